The molecule has 27 heavy (non-hydrogen) atoms. The Morgan fingerprint density at radius 2 is 1.81 bits per heavy atom. The van der Waals surface area contributed by atoms with Crippen LogP contribution in [0.1, 0.15) is 11.1 Å². The summed E-state index contributed by atoms with van der Waals surface area (Å²) in [5.41, 5.74) is -0.951. The lowest BCUT2D eigenvalue weighted by Crippen LogP contribution is -2.14. The molecule has 4 nitrogen and oxygen atoms in total. The number of hydrogen-bond donors (Lipinski definition) is 1. The fourth-order valence-electron chi connectivity index (χ4n) is 2.17. The number of rotatable bonds is 6. The Kier molecular flexibility index (Phi) is 6.38. The lowest BCUT2D eigenvalue weighted by molar-refractivity contribution is -0.137. The summed E-state index contributed by atoms with van der Waals surface area (Å²) in [6.45, 7) is -3.03. The minimum absolute atomic E-state index is 0.0141. The first-order chi connectivity index (χ1) is 12.7. The van der Waals surface area contributed by atoms with Crippen LogP contribution >= 0.6 is 0 Å². The third kappa shape index (κ3) is 5.70. The molecule has 0 aliphatic heterocycles. The first-order valence-electron chi connectivity index (χ1n) is 7.49. The number of halogens is 5. The van der Waals surface area contributed by atoms with Crippen molar-refractivity contribution in [2.75, 3.05) is 12.4 Å². The number of nitrogens with one attached hydrogen (secondary N) is 1. The Labute approximate surface area is 151 Å². The van der Waals surface area contributed by atoms with Crippen LogP contribution in [0.3, 0.4) is 0 Å². The third-order valence-corrected chi connectivity index (χ3v) is 3.32. The maximum atomic E-state index is 12.9. The highest BCUT2D eigenvalue weighted by Gasteiger charge is 2.33. The molecule has 2 aromatic carbocycles. The second-order valence-electron chi connectivity index (χ2n) is 5.15. The highest BCUT2D eigenvalue weighted by Crippen LogP contribution is 2.34. The number of carbonyl (C=O) groups excluding carboxylic acids is 1. The maximum Gasteiger partial charge on any atom is 0.418 e. The van der Waals surface area contributed by atoms with Crippen molar-refractivity contribution in [1.29, 1.82) is 0 Å². The minimum atomic E-state index is -4.61. The van der Waals surface area contributed by atoms with E-state index in [1.54, 1.807) is 0 Å². The van der Waals surface area contributed by atoms with Gasteiger partial charge >= 0.3 is 12.8 Å². The van der Waals surface area contributed by atoms with Crippen LogP contribution in [0, 0.1) is 0 Å². The number of benzene rings is 2. The van der Waals surface area contributed by atoms with Gasteiger partial charge in [0.2, 0.25) is 5.91 Å². The zero-order chi connectivity index (χ0) is 20.0. The molecule has 1 amide bonds. The SMILES string of the molecule is COc1cc(/C=C/C(=O)Nc2ccccc2C(F)(F)F)ccc1OC(F)F. The second-order valence-corrected chi connectivity index (χ2v) is 5.15. The predicted molar refractivity (Wildman–Crippen MR) is 88.7 cm³/mol. The van der Waals surface area contributed by atoms with Crippen molar-refractivity contribution in [1.82, 2.24) is 0 Å². The normalized spacial score (nSPS) is 11.7. The summed E-state index contributed by atoms with van der Waals surface area (Å²) in [4.78, 5) is 11.9. The van der Waals surface area contributed by atoms with Gasteiger partial charge < -0.3 is 14.8 Å². The van der Waals surface area contributed by atoms with Crippen molar-refractivity contribution < 1.29 is 36.2 Å². The average molecular weight is 387 g/mol. The van der Waals surface area contributed by atoms with Gasteiger partial charge in [-0.3, -0.25) is 4.79 Å². The van der Waals surface area contributed by atoms with Crippen molar-refractivity contribution >= 4 is 17.7 Å². The highest BCUT2D eigenvalue weighted by atomic mass is 19.4. The molecule has 2 rings (SSSR count). The van der Waals surface area contributed by atoms with Crippen molar-refractivity contribution in [3.05, 3.63) is 59.7 Å². The lowest BCUT2D eigenvalue weighted by atomic mass is 10.1. The van der Waals surface area contributed by atoms with Gasteiger partial charge in [-0.05, 0) is 35.9 Å². The number of alkyl halides is 5. The van der Waals surface area contributed by atoms with Gasteiger partial charge in [0.1, 0.15) is 0 Å². The smallest absolute Gasteiger partial charge is 0.418 e. The molecule has 2 aromatic rings. The Morgan fingerprint density at radius 1 is 1.11 bits per heavy atom. The van der Waals surface area contributed by atoms with Crippen LogP contribution in [-0.2, 0) is 11.0 Å². The molecule has 0 bridgehead atoms. The molecule has 0 radical (unpaired) electrons. The second kappa shape index (κ2) is 8.52. The zero-order valence-corrected chi connectivity index (χ0v) is 13.9. The summed E-state index contributed by atoms with van der Waals surface area (Å²) in [7, 11) is 1.25. The third-order valence-electron chi connectivity index (χ3n) is 3.32. The molecule has 0 fully saturated rings. The molecule has 0 aromatic heterocycles. The van der Waals surface area contributed by atoms with Gasteiger partial charge in [-0.2, -0.15) is 22.0 Å². The number of para-hydroxylation sites is 1. The first kappa shape index (κ1) is 20.2. The van der Waals surface area contributed by atoms with Crippen molar-refractivity contribution in [2.24, 2.45) is 0 Å². The molecule has 9 heteroatoms. The van der Waals surface area contributed by atoms with Crippen LogP contribution in [-0.4, -0.2) is 19.6 Å². The molecular formula is C18H14F5NO3. The van der Waals surface area contributed by atoms with Crippen LogP contribution in [0.15, 0.2) is 48.5 Å². The number of methoxy groups -OCH3 is 1. The molecule has 0 aliphatic rings. The molecule has 0 spiro atoms. The summed E-state index contributed by atoms with van der Waals surface area (Å²) in [5.74, 6) is -0.966. The van der Waals surface area contributed by atoms with E-state index in [4.69, 9.17) is 4.74 Å². The Bertz CT molecular complexity index is 834. The van der Waals surface area contributed by atoms with Crippen LogP contribution in [0.2, 0.25) is 0 Å². The van der Waals surface area contributed by atoms with Crippen molar-refractivity contribution in [2.45, 2.75) is 12.8 Å². The number of amides is 1. The first-order valence-corrected chi connectivity index (χ1v) is 7.49. The number of carbonyl (C=O) groups is 1. The summed E-state index contributed by atoms with van der Waals surface area (Å²) in [6, 6.07) is 8.51. The van der Waals surface area contributed by atoms with E-state index in [0.29, 0.717) is 5.56 Å². The van der Waals surface area contributed by atoms with Crippen LogP contribution in [0.25, 0.3) is 6.08 Å². The Morgan fingerprint density at radius 3 is 2.44 bits per heavy atom. The summed E-state index contributed by atoms with van der Waals surface area (Å²) in [6.07, 6.45) is -2.31. The molecule has 1 N–H and O–H groups in total. The summed E-state index contributed by atoms with van der Waals surface area (Å²) in [5, 5.41) is 2.15. The van der Waals surface area contributed by atoms with E-state index in [0.717, 1.165) is 18.2 Å². The van der Waals surface area contributed by atoms with Crippen LogP contribution < -0.4 is 14.8 Å². The molecule has 144 valence electrons. The number of anilines is 1. The highest BCUT2D eigenvalue weighted by molar-refractivity contribution is 6.02. The van der Waals surface area contributed by atoms with Crippen LogP contribution in [0.5, 0.6) is 11.5 Å². The molecule has 0 saturated carbocycles. The van der Waals surface area contributed by atoms with E-state index >= 15 is 0 Å². The van der Waals surface area contributed by atoms with E-state index in [9.17, 15) is 26.7 Å². The molecule has 0 unspecified atom stereocenters. The minimum Gasteiger partial charge on any atom is -0.493 e. The van der Waals surface area contributed by atoms with Crippen molar-refractivity contribution in [3.8, 4) is 11.5 Å². The molecule has 0 atom stereocenters. The lowest BCUT2D eigenvalue weighted by Gasteiger charge is -2.12. The maximum absolute atomic E-state index is 12.9. The van der Waals surface area contributed by atoms with Gasteiger partial charge in [-0.15, -0.1) is 0 Å². The quantitative estimate of drug-likeness (QED) is 0.563. The van der Waals surface area contributed by atoms with E-state index < -0.39 is 24.3 Å². The van der Waals surface area contributed by atoms with E-state index in [-0.39, 0.29) is 17.2 Å². The van der Waals surface area contributed by atoms with Crippen molar-refractivity contribution in [3.63, 3.8) is 0 Å². The fraction of sp³-hybridized carbons (Fsp3) is 0.167. The van der Waals surface area contributed by atoms with Gasteiger partial charge in [0, 0.05) is 6.08 Å². The monoisotopic (exact) mass is 387 g/mol. The van der Waals surface area contributed by atoms with Gasteiger partial charge in [-0.1, -0.05) is 18.2 Å². The standard InChI is InChI=1S/C18H14F5NO3/c1-26-15-10-11(6-8-14(15)27-17(19)20)7-9-16(25)24-13-5-3-2-4-12(13)18(21,22)23/h2-10,17H,1H3,(H,24,25)/b9-7+. The van der Waals surface area contributed by atoms with E-state index in [2.05, 4.69) is 10.1 Å². The molecular weight excluding hydrogens is 373 g/mol. The zero-order valence-electron chi connectivity index (χ0n) is 13.9. The van der Waals surface area contributed by atoms with E-state index in [1.807, 2.05) is 0 Å². The molecule has 0 heterocycles. The van der Waals surface area contributed by atoms with Crippen LogP contribution in [0.4, 0.5) is 27.6 Å². The average Bonchev–Trinajstić information content (AvgIpc) is 2.60. The fourth-order valence-corrected chi connectivity index (χ4v) is 2.17. The van der Waals surface area contributed by atoms with Gasteiger partial charge in [-0.25, -0.2) is 0 Å². The molecule has 0 saturated heterocycles. The topological polar surface area (TPSA) is 47.6 Å². The molecule has 0 aliphatic carbocycles. The van der Waals surface area contributed by atoms with Gasteiger partial charge in [0.25, 0.3) is 0 Å². The largest absolute Gasteiger partial charge is 0.493 e. The predicted octanol–water partition coefficient (Wildman–Crippen LogP) is 4.97. The number of hydrogen-bond acceptors (Lipinski definition) is 3. The van der Waals surface area contributed by atoms with Gasteiger partial charge in [0.05, 0.1) is 18.4 Å². The van der Waals surface area contributed by atoms with Gasteiger partial charge in [0.15, 0.2) is 11.5 Å². The summed E-state index contributed by atoms with van der Waals surface area (Å²) < 4.78 is 72.5. The Balaban J connectivity index is 2.14. The van der Waals surface area contributed by atoms with E-state index in [1.165, 1.54) is 43.5 Å². The number of ether oxygens (including phenoxy) is 2. The summed E-state index contributed by atoms with van der Waals surface area (Å²) >= 11 is 0. The Hall–Kier alpha value is -3.10.